The van der Waals surface area contributed by atoms with E-state index in [1.165, 1.54) is 0 Å². The van der Waals surface area contributed by atoms with Crippen LogP contribution in [0.4, 0.5) is 0 Å². The van der Waals surface area contributed by atoms with E-state index in [0.29, 0.717) is 25.8 Å². The van der Waals surface area contributed by atoms with Gasteiger partial charge in [-0.3, -0.25) is 4.79 Å². The normalized spacial score (nSPS) is 30.7. The number of nitrogens with zero attached hydrogens (tertiary/aromatic N) is 1. The summed E-state index contributed by atoms with van der Waals surface area (Å²) in [5.74, 6) is 0.169. The molecule has 0 spiro atoms. The highest BCUT2D eigenvalue weighted by atomic mass is 16.5. The summed E-state index contributed by atoms with van der Waals surface area (Å²) in [6.45, 7) is 6.02. The lowest BCUT2D eigenvalue weighted by Gasteiger charge is -2.27. The Hall–Kier alpha value is -0.650. The number of carbonyl (C=O) groups is 1. The van der Waals surface area contributed by atoms with E-state index in [1.54, 1.807) is 0 Å². The molecule has 0 aromatic rings. The van der Waals surface area contributed by atoms with Crippen LogP contribution in [0.1, 0.15) is 13.3 Å². The summed E-state index contributed by atoms with van der Waals surface area (Å²) in [6.07, 6.45) is 1.22. The van der Waals surface area contributed by atoms with E-state index in [9.17, 15) is 4.79 Å². The molecule has 0 aromatic carbocycles. The second-order valence-corrected chi connectivity index (χ2v) is 4.35. The van der Waals surface area contributed by atoms with Crippen molar-refractivity contribution in [1.29, 1.82) is 0 Å². The Labute approximate surface area is 96.1 Å². The summed E-state index contributed by atoms with van der Waals surface area (Å²) in [4.78, 5) is 13.7. The minimum atomic E-state index is 0.169. The third-order valence-electron chi connectivity index (χ3n) is 3.26. The average Bonchev–Trinajstić information content (AvgIpc) is 2.73. The molecule has 1 N–H and O–H groups in total. The summed E-state index contributed by atoms with van der Waals surface area (Å²) < 4.78 is 10.6. The molecule has 92 valence electrons. The molecule has 1 amide bonds. The summed E-state index contributed by atoms with van der Waals surface area (Å²) in [6, 6.07) is 0.324. The molecule has 0 radical (unpaired) electrons. The Kier molecular flexibility index (Phi) is 4.15. The summed E-state index contributed by atoms with van der Waals surface area (Å²) in [5, 5.41) is 3.27. The summed E-state index contributed by atoms with van der Waals surface area (Å²) in [7, 11) is 0. The minimum Gasteiger partial charge on any atom is -0.378 e. The molecule has 0 aromatic heterocycles. The number of carbonyl (C=O) groups excluding carboxylic acids is 1. The van der Waals surface area contributed by atoms with Gasteiger partial charge in [-0.1, -0.05) is 0 Å². The van der Waals surface area contributed by atoms with Gasteiger partial charge in [-0.2, -0.15) is 0 Å². The van der Waals surface area contributed by atoms with Crippen LogP contribution in [0.5, 0.6) is 0 Å². The van der Waals surface area contributed by atoms with Crippen molar-refractivity contribution in [2.75, 3.05) is 39.5 Å². The Morgan fingerprint density at radius 1 is 1.38 bits per heavy atom. The lowest BCUT2D eigenvalue weighted by molar-refractivity contribution is -0.134. The monoisotopic (exact) mass is 228 g/mol. The number of hydrogen-bond donors (Lipinski definition) is 1. The Morgan fingerprint density at radius 3 is 2.75 bits per heavy atom. The second kappa shape index (κ2) is 5.61. The maximum atomic E-state index is 11.8. The first-order valence-corrected chi connectivity index (χ1v) is 5.98. The van der Waals surface area contributed by atoms with Gasteiger partial charge in [-0.15, -0.1) is 0 Å². The highest BCUT2D eigenvalue weighted by Gasteiger charge is 2.25. The fourth-order valence-corrected chi connectivity index (χ4v) is 2.14. The molecule has 5 heteroatoms. The first kappa shape index (κ1) is 11.8. The predicted octanol–water partition coefficient (Wildman–Crippen LogP) is -0.388. The first-order chi connectivity index (χ1) is 7.77. The van der Waals surface area contributed by atoms with Crippen molar-refractivity contribution in [3.63, 3.8) is 0 Å². The van der Waals surface area contributed by atoms with Crippen molar-refractivity contribution in [1.82, 2.24) is 10.2 Å². The highest BCUT2D eigenvalue weighted by molar-refractivity contribution is 5.78. The Bertz CT molecular complexity index is 241. The molecule has 2 aliphatic rings. The SMILES string of the molecule is C[C@H]1OCC[C@H]1NCC(=O)N1CCOCC1. The number of morpholine rings is 1. The summed E-state index contributed by atoms with van der Waals surface area (Å²) in [5.41, 5.74) is 0. The topological polar surface area (TPSA) is 50.8 Å². The number of hydrogen-bond acceptors (Lipinski definition) is 4. The van der Waals surface area contributed by atoms with Gasteiger partial charge in [0.05, 0.1) is 25.9 Å². The van der Waals surface area contributed by atoms with Crippen LogP contribution in [-0.4, -0.2) is 62.4 Å². The van der Waals surface area contributed by atoms with Crippen LogP contribution in [0, 0.1) is 0 Å². The van der Waals surface area contributed by atoms with Crippen LogP contribution >= 0.6 is 0 Å². The van der Waals surface area contributed by atoms with Gasteiger partial charge >= 0.3 is 0 Å². The van der Waals surface area contributed by atoms with E-state index >= 15 is 0 Å². The van der Waals surface area contributed by atoms with Gasteiger partial charge in [0, 0.05) is 25.7 Å². The molecular formula is C11H20N2O3. The molecule has 0 unspecified atom stereocenters. The van der Waals surface area contributed by atoms with E-state index in [2.05, 4.69) is 5.32 Å². The van der Waals surface area contributed by atoms with Gasteiger partial charge in [-0.05, 0) is 13.3 Å². The van der Waals surface area contributed by atoms with Crippen LogP contribution < -0.4 is 5.32 Å². The molecule has 2 heterocycles. The smallest absolute Gasteiger partial charge is 0.236 e. The van der Waals surface area contributed by atoms with Gasteiger partial charge in [-0.25, -0.2) is 0 Å². The van der Waals surface area contributed by atoms with Crippen molar-refractivity contribution in [3.05, 3.63) is 0 Å². The number of nitrogens with one attached hydrogen (secondary N) is 1. The van der Waals surface area contributed by atoms with Gasteiger partial charge in [0.25, 0.3) is 0 Å². The van der Waals surface area contributed by atoms with Gasteiger partial charge in [0.1, 0.15) is 0 Å². The van der Waals surface area contributed by atoms with Crippen molar-refractivity contribution < 1.29 is 14.3 Å². The molecule has 2 aliphatic heterocycles. The van der Waals surface area contributed by atoms with Crippen LogP contribution in [0.15, 0.2) is 0 Å². The third-order valence-corrected chi connectivity index (χ3v) is 3.26. The van der Waals surface area contributed by atoms with E-state index < -0.39 is 0 Å². The van der Waals surface area contributed by atoms with Crippen LogP contribution in [0.25, 0.3) is 0 Å². The molecule has 0 saturated carbocycles. The first-order valence-electron chi connectivity index (χ1n) is 5.98. The van der Waals surface area contributed by atoms with E-state index in [4.69, 9.17) is 9.47 Å². The van der Waals surface area contributed by atoms with Crippen molar-refractivity contribution >= 4 is 5.91 Å². The molecule has 5 nitrogen and oxygen atoms in total. The molecule has 16 heavy (non-hydrogen) atoms. The fourth-order valence-electron chi connectivity index (χ4n) is 2.14. The fraction of sp³-hybridized carbons (Fsp3) is 0.909. The maximum absolute atomic E-state index is 11.8. The zero-order valence-corrected chi connectivity index (χ0v) is 9.78. The van der Waals surface area contributed by atoms with Crippen molar-refractivity contribution in [2.45, 2.75) is 25.5 Å². The lowest BCUT2D eigenvalue weighted by Crippen LogP contribution is -2.47. The van der Waals surface area contributed by atoms with Gasteiger partial charge in [0.2, 0.25) is 5.91 Å². The van der Waals surface area contributed by atoms with Crippen molar-refractivity contribution in [3.8, 4) is 0 Å². The standard InChI is InChI=1S/C11H20N2O3/c1-9-10(2-5-16-9)12-8-11(14)13-3-6-15-7-4-13/h9-10,12H,2-8H2,1H3/t9-,10-/m1/s1. The number of amides is 1. The number of rotatable bonds is 3. The predicted molar refractivity (Wildman–Crippen MR) is 59.2 cm³/mol. The molecule has 2 atom stereocenters. The van der Waals surface area contributed by atoms with Crippen LogP contribution in [0.3, 0.4) is 0 Å². The molecule has 2 saturated heterocycles. The van der Waals surface area contributed by atoms with E-state index in [-0.39, 0.29) is 12.0 Å². The summed E-state index contributed by atoms with van der Waals surface area (Å²) >= 11 is 0. The zero-order valence-electron chi connectivity index (χ0n) is 9.78. The van der Waals surface area contributed by atoms with E-state index in [1.807, 2.05) is 11.8 Å². The van der Waals surface area contributed by atoms with Crippen molar-refractivity contribution in [2.24, 2.45) is 0 Å². The van der Waals surface area contributed by atoms with Crippen LogP contribution in [-0.2, 0) is 14.3 Å². The zero-order chi connectivity index (χ0) is 11.4. The lowest BCUT2D eigenvalue weighted by atomic mass is 10.1. The maximum Gasteiger partial charge on any atom is 0.236 e. The highest BCUT2D eigenvalue weighted by Crippen LogP contribution is 2.12. The van der Waals surface area contributed by atoms with Crippen LogP contribution in [0.2, 0.25) is 0 Å². The van der Waals surface area contributed by atoms with Gasteiger partial charge < -0.3 is 19.7 Å². The van der Waals surface area contributed by atoms with Gasteiger partial charge in [0.15, 0.2) is 0 Å². The average molecular weight is 228 g/mol. The minimum absolute atomic E-state index is 0.169. The Morgan fingerprint density at radius 2 is 2.12 bits per heavy atom. The second-order valence-electron chi connectivity index (χ2n) is 4.35. The van der Waals surface area contributed by atoms with E-state index in [0.717, 1.165) is 26.1 Å². The largest absolute Gasteiger partial charge is 0.378 e. The number of ether oxygens (including phenoxy) is 2. The molecule has 0 bridgehead atoms. The Balaban J connectivity index is 1.70. The third kappa shape index (κ3) is 2.93. The molecule has 2 fully saturated rings. The molecular weight excluding hydrogens is 208 g/mol. The quantitative estimate of drug-likeness (QED) is 0.715. The molecule has 2 rings (SSSR count). The molecule has 0 aliphatic carbocycles.